The highest BCUT2D eigenvalue weighted by Crippen LogP contribution is 2.40. The molecule has 0 aromatic heterocycles. The summed E-state index contributed by atoms with van der Waals surface area (Å²) in [5.74, 6) is 0.123. The normalized spacial score (nSPS) is 20.2. The van der Waals surface area contributed by atoms with E-state index in [0.717, 1.165) is 48.4 Å². The van der Waals surface area contributed by atoms with E-state index >= 15 is 0 Å². The van der Waals surface area contributed by atoms with Crippen molar-refractivity contribution in [1.82, 2.24) is 0 Å². The summed E-state index contributed by atoms with van der Waals surface area (Å²) in [6.07, 6.45) is 4.66. The van der Waals surface area contributed by atoms with Crippen LogP contribution in [0.25, 0.3) is 0 Å². The highest BCUT2D eigenvalue weighted by atomic mass is 35.5. The Bertz CT molecular complexity index is 523. The number of hydrogen-bond acceptors (Lipinski definition) is 2. The second kappa shape index (κ2) is 5.38. The standard InChI is InChI=1S/C16H20ClNO2/c1-2-20-16(9-3-4-10-16)15(19)18-11-8-12-13(17)6-5-7-14(12)18/h5-7H,2-4,8-11H2,1H3. The number of amides is 1. The molecule has 1 aliphatic heterocycles. The molecule has 108 valence electrons. The van der Waals surface area contributed by atoms with Crippen LogP contribution in [-0.4, -0.2) is 24.7 Å². The summed E-state index contributed by atoms with van der Waals surface area (Å²) in [6.45, 7) is 3.26. The average molecular weight is 294 g/mol. The monoisotopic (exact) mass is 293 g/mol. The Kier molecular flexibility index (Phi) is 3.74. The van der Waals surface area contributed by atoms with Crippen LogP contribution in [0.3, 0.4) is 0 Å². The maximum atomic E-state index is 13.0. The lowest BCUT2D eigenvalue weighted by Gasteiger charge is -2.32. The molecule has 1 heterocycles. The lowest BCUT2D eigenvalue weighted by Crippen LogP contribution is -2.49. The van der Waals surface area contributed by atoms with Gasteiger partial charge in [0.25, 0.3) is 5.91 Å². The summed E-state index contributed by atoms with van der Waals surface area (Å²) < 4.78 is 5.89. The Morgan fingerprint density at radius 1 is 1.40 bits per heavy atom. The van der Waals surface area contributed by atoms with Gasteiger partial charge in [-0.3, -0.25) is 4.79 Å². The Morgan fingerprint density at radius 3 is 2.85 bits per heavy atom. The molecule has 0 spiro atoms. The molecule has 3 nitrogen and oxygen atoms in total. The van der Waals surface area contributed by atoms with Crippen LogP contribution in [0.2, 0.25) is 5.02 Å². The zero-order valence-electron chi connectivity index (χ0n) is 11.8. The van der Waals surface area contributed by atoms with Gasteiger partial charge in [0, 0.05) is 23.9 Å². The highest BCUT2D eigenvalue weighted by molar-refractivity contribution is 6.32. The first-order valence-electron chi connectivity index (χ1n) is 7.41. The fourth-order valence-electron chi connectivity index (χ4n) is 3.49. The number of nitrogens with zero attached hydrogens (tertiary/aromatic N) is 1. The minimum Gasteiger partial charge on any atom is -0.365 e. The number of carbonyl (C=O) groups excluding carboxylic acids is 1. The molecule has 4 heteroatoms. The number of hydrogen-bond donors (Lipinski definition) is 0. The van der Waals surface area contributed by atoms with Gasteiger partial charge in [-0.1, -0.05) is 17.7 Å². The van der Waals surface area contributed by atoms with Crippen LogP contribution in [0.1, 0.15) is 38.2 Å². The van der Waals surface area contributed by atoms with Crippen LogP contribution < -0.4 is 4.90 Å². The molecule has 0 unspecified atom stereocenters. The lowest BCUT2D eigenvalue weighted by atomic mass is 10.00. The van der Waals surface area contributed by atoms with Gasteiger partial charge in [-0.05, 0) is 56.7 Å². The molecule has 1 fully saturated rings. The van der Waals surface area contributed by atoms with Crippen molar-refractivity contribution in [2.24, 2.45) is 0 Å². The van der Waals surface area contributed by atoms with Crippen molar-refractivity contribution in [1.29, 1.82) is 0 Å². The molecule has 1 aliphatic carbocycles. The molecule has 1 aromatic rings. The van der Waals surface area contributed by atoms with Crippen molar-refractivity contribution in [3.63, 3.8) is 0 Å². The molecule has 0 bridgehead atoms. The maximum absolute atomic E-state index is 13.0. The maximum Gasteiger partial charge on any atom is 0.259 e. The first kappa shape index (κ1) is 13.9. The summed E-state index contributed by atoms with van der Waals surface area (Å²) in [4.78, 5) is 14.9. The third-order valence-electron chi connectivity index (χ3n) is 4.44. The van der Waals surface area contributed by atoms with Crippen molar-refractivity contribution in [2.45, 2.75) is 44.6 Å². The van der Waals surface area contributed by atoms with Crippen LogP contribution in [0.15, 0.2) is 18.2 Å². The number of halogens is 1. The van der Waals surface area contributed by atoms with E-state index in [1.54, 1.807) is 0 Å². The van der Waals surface area contributed by atoms with Gasteiger partial charge in [-0.25, -0.2) is 0 Å². The quantitative estimate of drug-likeness (QED) is 0.852. The van der Waals surface area contributed by atoms with Crippen LogP contribution >= 0.6 is 11.6 Å². The first-order valence-corrected chi connectivity index (χ1v) is 7.79. The smallest absolute Gasteiger partial charge is 0.259 e. The third-order valence-corrected chi connectivity index (χ3v) is 4.79. The molecule has 1 amide bonds. The third kappa shape index (κ3) is 2.13. The number of anilines is 1. The van der Waals surface area contributed by atoms with Gasteiger partial charge in [0.1, 0.15) is 5.60 Å². The van der Waals surface area contributed by atoms with E-state index in [4.69, 9.17) is 16.3 Å². The number of ether oxygens (including phenoxy) is 1. The van der Waals surface area contributed by atoms with Gasteiger partial charge < -0.3 is 9.64 Å². The molecule has 0 saturated heterocycles. The summed E-state index contributed by atoms with van der Waals surface area (Å²) in [5, 5.41) is 0.759. The average Bonchev–Trinajstić information content (AvgIpc) is 3.06. The van der Waals surface area contributed by atoms with Gasteiger partial charge in [0.2, 0.25) is 0 Å². The number of carbonyl (C=O) groups is 1. The minimum absolute atomic E-state index is 0.123. The van der Waals surface area contributed by atoms with E-state index in [2.05, 4.69) is 0 Å². The SMILES string of the molecule is CCOC1(C(=O)N2CCc3c(Cl)cccc32)CCCC1. The number of rotatable bonds is 3. The van der Waals surface area contributed by atoms with Crippen LogP contribution in [0, 0.1) is 0 Å². The lowest BCUT2D eigenvalue weighted by molar-refractivity contribution is -0.142. The topological polar surface area (TPSA) is 29.5 Å². The zero-order chi connectivity index (χ0) is 14.2. The fourth-order valence-corrected chi connectivity index (χ4v) is 3.75. The fraction of sp³-hybridized carbons (Fsp3) is 0.562. The molecular weight excluding hydrogens is 274 g/mol. The van der Waals surface area contributed by atoms with Crippen molar-refractivity contribution >= 4 is 23.2 Å². The van der Waals surface area contributed by atoms with E-state index < -0.39 is 5.60 Å². The van der Waals surface area contributed by atoms with Crippen molar-refractivity contribution < 1.29 is 9.53 Å². The number of fused-ring (bicyclic) bond motifs is 1. The molecule has 20 heavy (non-hydrogen) atoms. The van der Waals surface area contributed by atoms with E-state index in [-0.39, 0.29) is 5.91 Å². The van der Waals surface area contributed by atoms with Gasteiger partial charge in [-0.2, -0.15) is 0 Å². The Morgan fingerprint density at radius 2 is 2.15 bits per heavy atom. The Balaban J connectivity index is 1.91. The minimum atomic E-state index is -0.599. The molecule has 0 atom stereocenters. The summed E-state index contributed by atoms with van der Waals surface area (Å²) in [5.41, 5.74) is 1.46. The molecular formula is C16H20ClNO2. The molecule has 1 saturated carbocycles. The molecule has 0 N–H and O–H groups in total. The Labute approximate surface area is 124 Å². The van der Waals surface area contributed by atoms with Crippen molar-refractivity contribution in [2.75, 3.05) is 18.1 Å². The predicted octanol–water partition coefficient (Wildman–Crippen LogP) is 3.58. The van der Waals surface area contributed by atoms with Crippen LogP contribution in [0.5, 0.6) is 0 Å². The molecule has 3 rings (SSSR count). The van der Waals surface area contributed by atoms with E-state index in [1.165, 1.54) is 0 Å². The largest absolute Gasteiger partial charge is 0.365 e. The van der Waals surface area contributed by atoms with E-state index in [9.17, 15) is 4.79 Å². The van der Waals surface area contributed by atoms with Crippen molar-refractivity contribution in [3.8, 4) is 0 Å². The summed E-state index contributed by atoms with van der Waals surface area (Å²) in [7, 11) is 0. The predicted molar refractivity (Wildman–Crippen MR) is 80.3 cm³/mol. The molecule has 2 aliphatic rings. The van der Waals surface area contributed by atoms with E-state index in [0.29, 0.717) is 13.2 Å². The van der Waals surface area contributed by atoms with Crippen molar-refractivity contribution in [3.05, 3.63) is 28.8 Å². The van der Waals surface area contributed by atoms with E-state index in [1.807, 2.05) is 30.0 Å². The van der Waals surface area contributed by atoms with Crippen LogP contribution in [0.4, 0.5) is 5.69 Å². The van der Waals surface area contributed by atoms with Gasteiger partial charge in [-0.15, -0.1) is 0 Å². The second-order valence-corrected chi connectivity index (χ2v) is 5.99. The highest BCUT2D eigenvalue weighted by Gasteiger charge is 2.46. The van der Waals surface area contributed by atoms with Gasteiger partial charge >= 0.3 is 0 Å². The molecule has 1 aromatic carbocycles. The van der Waals surface area contributed by atoms with Crippen LogP contribution in [-0.2, 0) is 16.0 Å². The molecule has 0 radical (unpaired) electrons. The van der Waals surface area contributed by atoms with Gasteiger partial charge in [0.05, 0.1) is 0 Å². The number of benzene rings is 1. The summed E-state index contributed by atoms with van der Waals surface area (Å²) >= 11 is 6.23. The first-order chi connectivity index (χ1) is 9.68. The van der Waals surface area contributed by atoms with Gasteiger partial charge in [0.15, 0.2) is 0 Å². The zero-order valence-corrected chi connectivity index (χ0v) is 12.6. The second-order valence-electron chi connectivity index (χ2n) is 5.58. The Hall–Kier alpha value is -1.06. The summed E-state index contributed by atoms with van der Waals surface area (Å²) in [6, 6.07) is 5.79.